The standard InChI is InChI=1S/C60H64F2N9O12P/c61-60(62,84(81,82)83)40-22-24-44-39(32-40)33-46(64-44)55(76)66-47-35-69(52(74)21-12-4-2-1-3-7-14-36-19-13-20-42-43(36)34-70(58(42)79)48-27-29-51(73)67-56(48)77)31-30-41-23-26-49(71(41)59(47)80)57(78)65-45(25-28-50(63)72)54(75)68-53(37-15-8-5-9-16-37)38-17-10-6-11-18-38/h5-6,8-11,13,15-20,22,24,32-33,41,45,47-49,53,64H,1-4,12,21,23,25-31,34-35H2,(H2,63,72)(H,65,78)(H,66,76)(H,68,75)(H,67,73,77)(H2,81,82,83). The van der Waals surface area contributed by atoms with Gasteiger partial charge in [0.05, 0.1) is 6.04 Å². The molecule has 5 heterocycles. The topological polar surface area (TPSA) is 311 Å². The minimum atomic E-state index is -5.93. The first-order valence-electron chi connectivity index (χ1n) is 27.9. The number of piperidine rings is 1. The molecule has 5 atom stereocenters. The maximum Gasteiger partial charge on any atom is 0.399 e. The number of aromatic nitrogens is 1. The summed E-state index contributed by atoms with van der Waals surface area (Å²) in [6, 6.07) is 21.6. The van der Waals surface area contributed by atoms with Crippen LogP contribution in [0.2, 0.25) is 0 Å². The summed E-state index contributed by atoms with van der Waals surface area (Å²) in [7, 11) is -5.93. The van der Waals surface area contributed by atoms with Gasteiger partial charge in [0.1, 0.15) is 29.9 Å². The monoisotopic (exact) mass is 1170 g/mol. The number of hydrogen-bond acceptors (Lipinski definition) is 10. The van der Waals surface area contributed by atoms with Crippen molar-refractivity contribution in [3.63, 3.8) is 0 Å². The summed E-state index contributed by atoms with van der Waals surface area (Å²) in [6.07, 6.45) is 3.86. The number of primary amides is 1. The van der Waals surface area contributed by atoms with E-state index in [4.69, 9.17) is 5.73 Å². The summed E-state index contributed by atoms with van der Waals surface area (Å²) >= 11 is 0. The summed E-state index contributed by atoms with van der Waals surface area (Å²) < 4.78 is 41.1. The average Bonchev–Trinajstić information content (AvgIpc) is 3.00. The van der Waals surface area contributed by atoms with Crippen molar-refractivity contribution >= 4 is 71.7 Å². The molecule has 0 bridgehead atoms. The van der Waals surface area contributed by atoms with Gasteiger partial charge in [-0.05, 0) is 92.0 Å². The first-order chi connectivity index (χ1) is 40.2. The van der Waals surface area contributed by atoms with Crippen LogP contribution in [0.25, 0.3) is 10.9 Å². The highest BCUT2D eigenvalue weighted by molar-refractivity contribution is 7.52. The van der Waals surface area contributed by atoms with Crippen LogP contribution in [-0.4, -0.2) is 126 Å². The zero-order valence-corrected chi connectivity index (χ0v) is 46.6. The second-order valence-electron chi connectivity index (χ2n) is 21.5. The summed E-state index contributed by atoms with van der Waals surface area (Å²) in [5, 5.41) is 10.8. The lowest BCUT2D eigenvalue weighted by Crippen LogP contribution is -2.62. The van der Waals surface area contributed by atoms with E-state index in [1.807, 2.05) is 66.7 Å². The van der Waals surface area contributed by atoms with E-state index in [0.29, 0.717) is 43.2 Å². The summed E-state index contributed by atoms with van der Waals surface area (Å²) in [5.74, 6) is 1.26. The Morgan fingerprint density at radius 3 is 2.23 bits per heavy atom. The lowest BCUT2D eigenvalue weighted by Gasteiger charge is -2.39. The molecule has 21 nitrogen and oxygen atoms in total. The molecule has 1 aromatic heterocycles. The third kappa shape index (κ3) is 13.6. The van der Waals surface area contributed by atoms with Gasteiger partial charge in [0.15, 0.2) is 0 Å². The van der Waals surface area contributed by atoms with E-state index in [-0.39, 0.29) is 98.9 Å². The molecule has 5 aromatic rings. The fourth-order valence-electron chi connectivity index (χ4n) is 11.4. The molecule has 0 aliphatic carbocycles. The number of aromatic amines is 1. The Bertz CT molecular complexity index is 3450. The van der Waals surface area contributed by atoms with Crippen molar-refractivity contribution in [1.29, 1.82) is 0 Å². The number of nitrogens with two attached hydrogens (primary N) is 1. The minimum Gasteiger partial charge on any atom is -0.370 e. The van der Waals surface area contributed by atoms with E-state index in [2.05, 4.69) is 38.1 Å². The van der Waals surface area contributed by atoms with Crippen LogP contribution in [0.4, 0.5) is 8.78 Å². The fourth-order valence-corrected chi connectivity index (χ4v) is 11.9. The number of halogens is 2. The van der Waals surface area contributed by atoms with Crippen LogP contribution in [0.15, 0.2) is 103 Å². The first kappa shape index (κ1) is 60.0. The van der Waals surface area contributed by atoms with Crippen molar-refractivity contribution in [1.82, 2.24) is 41.0 Å². The molecule has 4 aliphatic heterocycles. The number of amides is 9. The maximum absolute atomic E-state index is 15.0. The largest absolute Gasteiger partial charge is 0.399 e. The van der Waals surface area contributed by atoms with Crippen LogP contribution in [-0.2, 0) is 50.3 Å². The third-order valence-electron chi connectivity index (χ3n) is 15.8. The number of alkyl halides is 2. The Hall–Kier alpha value is -8.58. The Morgan fingerprint density at radius 2 is 1.54 bits per heavy atom. The molecule has 4 aromatic carbocycles. The van der Waals surface area contributed by atoms with Gasteiger partial charge in [-0.2, -0.15) is 8.78 Å². The van der Waals surface area contributed by atoms with Crippen molar-refractivity contribution in [2.75, 3.05) is 13.1 Å². The number of carbonyl (C=O) groups is 9. The highest BCUT2D eigenvalue weighted by atomic mass is 31.2. The molecular weight excluding hydrogens is 1110 g/mol. The molecule has 9 N–H and O–H groups in total. The van der Waals surface area contributed by atoms with Crippen molar-refractivity contribution < 1.29 is 66.3 Å². The van der Waals surface area contributed by atoms with Gasteiger partial charge in [0.2, 0.25) is 41.4 Å². The van der Waals surface area contributed by atoms with Crippen molar-refractivity contribution in [2.24, 2.45) is 5.73 Å². The van der Waals surface area contributed by atoms with E-state index in [1.165, 1.54) is 20.8 Å². The quantitative estimate of drug-likeness (QED) is 0.0224. The Kier molecular flexibility index (Phi) is 18.5. The van der Waals surface area contributed by atoms with Crippen LogP contribution in [0.1, 0.15) is 138 Å². The fraction of sp³-hybridized carbons (Fsp3) is 0.383. The van der Waals surface area contributed by atoms with Gasteiger partial charge in [-0.25, -0.2) is 0 Å². The van der Waals surface area contributed by atoms with Crippen LogP contribution in [0.3, 0.4) is 0 Å². The predicted molar refractivity (Wildman–Crippen MR) is 301 cm³/mol. The molecule has 0 saturated carbocycles. The number of fused-ring (bicyclic) bond motifs is 3. The Balaban J connectivity index is 0.871. The Labute approximate surface area is 482 Å². The minimum absolute atomic E-state index is 0.000815. The number of imide groups is 1. The van der Waals surface area contributed by atoms with Gasteiger partial charge >= 0.3 is 13.3 Å². The number of nitrogens with one attached hydrogen (secondary N) is 5. The lowest BCUT2D eigenvalue weighted by atomic mass is 9.98. The SMILES string of the molecule is NC(=O)CCC(NC(=O)C1CCC2CCN(C(=O)CCCCCCC#Cc3cccc4c3CN(C3CCC(=O)NC3=O)C4=O)CC(NC(=O)c3cc4cc(C(F)(F)P(=O)(O)O)ccc4[nH]3)C(=O)N21)C(=O)NC(c1ccccc1)c1ccccc1. The van der Waals surface area contributed by atoms with E-state index in [9.17, 15) is 61.5 Å². The van der Waals surface area contributed by atoms with E-state index < -0.39 is 90.5 Å². The molecule has 4 aliphatic rings. The lowest BCUT2D eigenvalue weighted by molar-refractivity contribution is -0.145. The van der Waals surface area contributed by atoms with Crippen LogP contribution in [0, 0.1) is 11.8 Å². The zero-order valence-electron chi connectivity index (χ0n) is 45.7. The zero-order chi connectivity index (χ0) is 59.9. The molecule has 3 fully saturated rings. The normalized spacial score (nSPS) is 19.4. The van der Waals surface area contributed by atoms with E-state index in [0.717, 1.165) is 41.3 Å². The average molecular weight is 1170 g/mol. The molecule has 0 radical (unpaired) electrons. The molecule has 5 unspecified atom stereocenters. The van der Waals surface area contributed by atoms with Gasteiger partial charge in [-0.3, -0.25) is 53.0 Å². The van der Waals surface area contributed by atoms with Gasteiger partial charge < -0.3 is 51.2 Å². The number of nitrogens with zero attached hydrogens (tertiary/aromatic N) is 3. The van der Waals surface area contributed by atoms with Gasteiger partial charge in [0.25, 0.3) is 11.8 Å². The molecule has 3 saturated heterocycles. The van der Waals surface area contributed by atoms with Crippen molar-refractivity contribution in [3.8, 4) is 11.8 Å². The van der Waals surface area contributed by atoms with Crippen LogP contribution < -0.4 is 27.0 Å². The molecule has 9 rings (SSSR count). The number of rotatable bonds is 20. The molecule has 0 spiro atoms. The second kappa shape index (κ2) is 25.9. The van der Waals surface area contributed by atoms with Crippen molar-refractivity contribution in [2.45, 2.75) is 132 Å². The second-order valence-corrected chi connectivity index (χ2v) is 23.1. The number of H-pyrrole nitrogens is 1. The number of unbranched alkanes of at least 4 members (excludes halogenated alkanes) is 4. The number of benzene rings is 4. The molecule has 24 heteroatoms. The van der Waals surface area contributed by atoms with Gasteiger partial charge in [0, 0.05) is 79.0 Å². The first-order valence-corrected chi connectivity index (χ1v) is 29.5. The highest BCUT2D eigenvalue weighted by Crippen LogP contribution is 2.59. The molecule has 84 heavy (non-hydrogen) atoms. The predicted octanol–water partition coefficient (Wildman–Crippen LogP) is 4.89. The van der Waals surface area contributed by atoms with Crippen molar-refractivity contribution in [3.05, 3.63) is 142 Å². The van der Waals surface area contributed by atoms with Crippen LogP contribution >= 0.6 is 7.60 Å². The number of hydrogen-bond donors (Lipinski definition) is 8. The third-order valence-corrected chi connectivity index (χ3v) is 16.8. The molecular formula is C60H64F2N9O12P. The molecule has 440 valence electrons. The number of carbonyl (C=O) groups excluding carboxylic acids is 9. The highest BCUT2D eigenvalue weighted by Gasteiger charge is 2.51. The summed E-state index contributed by atoms with van der Waals surface area (Å²) in [6.45, 7) is 0.0157. The molecule has 9 amide bonds. The maximum atomic E-state index is 15.0. The summed E-state index contributed by atoms with van der Waals surface area (Å²) in [4.78, 5) is 148. The Morgan fingerprint density at radius 1 is 0.821 bits per heavy atom. The summed E-state index contributed by atoms with van der Waals surface area (Å²) in [5.41, 5.74) is 3.30. The van der Waals surface area contributed by atoms with Gasteiger partial charge in [-0.1, -0.05) is 97.5 Å². The smallest absolute Gasteiger partial charge is 0.370 e. The van der Waals surface area contributed by atoms with E-state index in [1.54, 1.807) is 12.1 Å². The van der Waals surface area contributed by atoms with Gasteiger partial charge in [-0.15, -0.1) is 0 Å². The van der Waals surface area contributed by atoms with Crippen LogP contribution in [0.5, 0.6) is 0 Å². The van der Waals surface area contributed by atoms with E-state index >= 15 is 4.79 Å².